The molecule has 1 aromatic carbocycles. The number of carbonyl (C=O) groups is 1. The van der Waals surface area contributed by atoms with E-state index in [0.717, 1.165) is 24.1 Å². The first kappa shape index (κ1) is 18.8. The summed E-state index contributed by atoms with van der Waals surface area (Å²) in [5.74, 6) is 0.841. The molecule has 0 radical (unpaired) electrons. The molecule has 1 saturated heterocycles. The number of likely N-dealkylation sites (tertiary alicyclic amines) is 1. The molecule has 7 heteroatoms. The summed E-state index contributed by atoms with van der Waals surface area (Å²) in [6.45, 7) is 0.819. The number of carbonyl (C=O) groups excluding carboxylic acids is 1. The molecule has 3 heterocycles. The van der Waals surface area contributed by atoms with Crippen LogP contribution in [0, 0.1) is 0 Å². The number of esters is 1. The van der Waals surface area contributed by atoms with Crippen molar-refractivity contribution in [3.63, 3.8) is 0 Å². The maximum Gasteiger partial charge on any atom is 0.340 e. The number of piperidine rings is 1. The molecule has 1 N–H and O–H groups in total. The summed E-state index contributed by atoms with van der Waals surface area (Å²) in [5.41, 5.74) is 0.735. The monoisotopic (exact) mass is 420 g/mol. The molecular formula is C24H24N2O5. The number of pyridine rings is 1. The first-order chi connectivity index (χ1) is 15.0. The van der Waals surface area contributed by atoms with Gasteiger partial charge in [0.2, 0.25) is 0 Å². The van der Waals surface area contributed by atoms with Crippen LogP contribution in [0.5, 0.6) is 11.5 Å². The fourth-order valence-electron chi connectivity index (χ4n) is 6.19. The van der Waals surface area contributed by atoms with Gasteiger partial charge in [-0.15, -0.1) is 0 Å². The number of aromatic nitrogens is 1. The molecule has 1 fully saturated rings. The Morgan fingerprint density at radius 1 is 1.35 bits per heavy atom. The van der Waals surface area contributed by atoms with E-state index in [-0.39, 0.29) is 6.04 Å². The van der Waals surface area contributed by atoms with Gasteiger partial charge in [0.05, 0.1) is 18.1 Å². The van der Waals surface area contributed by atoms with Crippen LogP contribution in [0.1, 0.15) is 27.9 Å². The predicted octanol–water partition coefficient (Wildman–Crippen LogP) is 1.88. The quantitative estimate of drug-likeness (QED) is 0.600. The third kappa shape index (κ3) is 2.25. The highest BCUT2D eigenvalue weighted by Crippen LogP contribution is 2.64. The molecule has 0 saturated carbocycles. The molecule has 0 amide bonds. The Kier molecular flexibility index (Phi) is 3.83. The average molecular weight is 420 g/mol. The Balaban J connectivity index is 1.49. The zero-order chi connectivity index (χ0) is 21.4. The molecule has 7 nitrogen and oxygen atoms in total. The fraction of sp³-hybridized carbons (Fsp3) is 0.417. The van der Waals surface area contributed by atoms with Crippen LogP contribution in [0.15, 0.2) is 48.8 Å². The highest BCUT2D eigenvalue weighted by molar-refractivity contribution is 5.89. The highest BCUT2D eigenvalue weighted by atomic mass is 16.6. The lowest BCUT2D eigenvalue weighted by atomic mass is 9.50. The zero-order valence-electron chi connectivity index (χ0n) is 17.4. The smallest absolute Gasteiger partial charge is 0.340 e. The molecule has 5 atom stereocenters. The molecule has 6 rings (SSSR count). The van der Waals surface area contributed by atoms with Crippen molar-refractivity contribution in [3.05, 3.63) is 65.5 Å². The Labute approximate surface area is 180 Å². The van der Waals surface area contributed by atoms with Gasteiger partial charge in [0.25, 0.3) is 0 Å². The van der Waals surface area contributed by atoms with Gasteiger partial charge in [-0.2, -0.15) is 0 Å². The van der Waals surface area contributed by atoms with E-state index in [4.69, 9.17) is 14.2 Å². The lowest BCUT2D eigenvalue weighted by Gasteiger charge is -2.61. The SMILES string of the molecule is COc1ccc2c3c1OC1[C@H](OC(=O)c4cccnc4)C=C[C@@]4(O)[C@@H](C2)N(C)CC[C@]314. The number of nitrogens with zero attached hydrogens (tertiary/aromatic N) is 2. The van der Waals surface area contributed by atoms with E-state index in [1.165, 1.54) is 6.20 Å². The Morgan fingerprint density at radius 2 is 2.23 bits per heavy atom. The number of likely N-dealkylation sites (N-methyl/N-ethyl adjacent to an activating group) is 1. The lowest BCUT2D eigenvalue weighted by Crippen LogP contribution is -2.75. The molecular weight excluding hydrogens is 396 g/mol. The van der Waals surface area contributed by atoms with Gasteiger partial charge in [-0.1, -0.05) is 12.1 Å². The summed E-state index contributed by atoms with van der Waals surface area (Å²) in [6.07, 6.45) is 6.97. The third-order valence-corrected chi connectivity index (χ3v) is 7.61. The van der Waals surface area contributed by atoms with Crippen molar-refractivity contribution in [2.75, 3.05) is 20.7 Å². The normalized spacial score (nSPS) is 34.6. The van der Waals surface area contributed by atoms with Crippen LogP contribution in [0.25, 0.3) is 0 Å². The molecule has 2 aromatic rings. The van der Waals surface area contributed by atoms with Crippen molar-refractivity contribution in [2.24, 2.45) is 0 Å². The molecule has 1 aromatic heterocycles. The van der Waals surface area contributed by atoms with Gasteiger partial charge < -0.3 is 19.3 Å². The van der Waals surface area contributed by atoms with Crippen molar-refractivity contribution < 1.29 is 24.1 Å². The van der Waals surface area contributed by atoms with Gasteiger partial charge >= 0.3 is 5.97 Å². The first-order valence-electron chi connectivity index (χ1n) is 10.6. The van der Waals surface area contributed by atoms with Crippen molar-refractivity contribution >= 4 is 5.97 Å². The summed E-state index contributed by atoms with van der Waals surface area (Å²) < 4.78 is 18.0. The summed E-state index contributed by atoms with van der Waals surface area (Å²) in [4.78, 5) is 19.0. The van der Waals surface area contributed by atoms with E-state index in [0.29, 0.717) is 23.5 Å². The number of aliphatic hydroxyl groups is 1. The Bertz CT molecular complexity index is 1100. The number of rotatable bonds is 3. The molecule has 2 bridgehead atoms. The van der Waals surface area contributed by atoms with Crippen LogP contribution < -0.4 is 9.47 Å². The predicted molar refractivity (Wildman–Crippen MR) is 111 cm³/mol. The van der Waals surface area contributed by atoms with E-state index < -0.39 is 29.2 Å². The van der Waals surface area contributed by atoms with Crippen LogP contribution in [-0.2, 0) is 16.6 Å². The van der Waals surface area contributed by atoms with E-state index >= 15 is 0 Å². The van der Waals surface area contributed by atoms with Gasteiger partial charge in [0.1, 0.15) is 5.60 Å². The highest BCUT2D eigenvalue weighted by Gasteiger charge is 2.72. The summed E-state index contributed by atoms with van der Waals surface area (Å²) in [7, 11) is 3.67. The second-order valence-corrected chi connectivity index (χ2v) is 8.89. The fourth-order valence-corrected chi connectivity index (χ4v) is 6.19. The van der Waals surface area contributed by atoms with Crippen molar-refractivity contribution in [1.82, 2.24) is 9.88 Å². The lowest BCUT2D eigenvalue weighted by molar-refractivity contribution is -0.152. The van der Waals surface area contributed by atoms with Crippen LogP contribution >= 0.6 is 0 Å². The maximum absolute atomic E-state index is 12.8. The number of hydrogen-bond donors (Lipinski definition) is 1. The molecule has 2 aliphatic heterocycles. The second-order valence-electron chi connectivity index (χ2n) is 8.89. The van der Waals surface area contributed by atoms with Gasteiger partial charge in [-0.3, -0.25) is 9.88 Å². The van der Waals surface area contributed by atoms with E-state index in [2.05, 4.69) is 23.0 Å². The van der Waals surface area contributed by atoms with Crippen LogP contribution in [-0.4, -0.2) is 65.5 Å². The summed E-state index contributed by atoms with van der Waals surface area (Å²) >= 11 is 0. The van der Waals surface area contributed by atoms with Crippen molar-refractivity contribution in [2.45, 2.75) is 42.1 Å². The van der Waals surface area contributed by atoms with Gasteiger partial charge in [0.15, 0.2) is 23.7 Å². The Hall–Kier alpha value is -2.90. The maximum atomic E-state index is 12.8. The number of methoxy groups -OCH3 is 1. The first-order valence-corrected chi connectivity index (χ1v) is 10.6. The molecule has 2 aliphatic carbocycles. The molecule has 160 valence electrons. The minimum Gasteiger partial charge on any atom is -0.493 e. The third-order valence-electron chi connectivity index (χ3n) is 7.61. The standard InChI is InChI=1S/C24H24N2O5/c1-26-11-9-23-19-14-5-6-16(29-2)20(19)31-21(23)17(7-8-24(23,28)18(26)12-14)30-22(27)15-4-3-10-25-13-15/h3-8,10,13,17-18,21,28H,9,11-12H2,1-2H3/t17-,18-,21?,23+,24-/m1/s1. The van der Waals surface area contributed by atoms with Crippen molar-refractivity contribution in [1.29, 1.82) is 0 Å². The number of ether oxygens (including phenoxy) is 3. The molecule has 1 unspecified atom stereocenters. The topological polar surface area (TPSA) is 81.1 Å². The second kappa shape index (κ2) is 6.31. The molecule has 1 spiro atoms. The van der Waals surface area contributed by atoms with Gasteiger partial charge in [-0.05, 0) is 56.3 Å². The Morgan fingerprint density at radius 3 is 3.00 bits per heavy atom. The van der Waals surface area contributed by atoms with Gasteiger partial charge in [0, 0.05) is 24.0 Å². The average Bonchev–Trinajstić information content (AvgIpc) is 3.14. The number of benzene rings is 1. The largest absolute Gasteiger partial charge is 0.493 e. The molecule has 31 heavy (non-hydrogen) atoms. The molecule has 4 aliphatic rings. The van der Waals surface area contributed by atoms with E-state index in [1.54, 1.807) is 31.5 Å². The minimum absolute atomic E-state index is 0.0783. The van der Waals surface area contributed by atoms with Crippen LogP contribution in [0.4, 0.5) is 0 Å². The van der Waals surface area contributed by atoms with Crippen LogP contribution in [0.3, 0.4) is 0 Å². The van der Waals surface area contributed by atoms with Crippen molar-refractivity contribution in [3.8, 4) is 11.5 Å². The minimum atomic E-state index is -1.12. The van der Waals surface area contributed by atoms with Gasteiger partial charge in [-0.25, -0.2) is 4.79 Å². The summed E-state index contributed by atoms with van der Waals surface area (Å²) in [6, 6.07) is 7.30. The number of hydrogen-bond acceptors (Lipinski definition) is 7. The van der Waals surface area contributed by atoms with Crippen LogP contribution in [0.2, 0.25) is 0 Å². The van der Waals surface area contributed by atoms with E-state index in [1.807, 2.05) is 12.1 Å². The van der Waals surface area contributed by atoms with E-state index in [9.17, 15) is 9.90 Å². The zero-order valence-corrected chi connectivity index (χ0v) is 17.4. The summed E-state index contributed by atoms with van der Waals surface area (Å²) in [5, 5.41) is 12.1.